The highest BCUT2D eigenvalue weighted by atomic mass is 127. The minimum Gasteiger partial charge on any atom is -0.368 e. The lowest BCUT2D eigenvalue weighted by Crippen LogP contribution is -2.20. The predicted octanol–water partition coefficient (Wildman–Crippen LogP) is 3.36. The molecule has 0 bridgehead atoms. The molecule has 0 spiro atoms. The summed E-state index contributed by atoms with van der Waals surface area (Å²) >= 11 is 2.44. The minimum absolute atomic E-state index is 0.470. The normalized spacial score (nSPS) is 23.5. The highest BCUT2D eigenvalue weighted by Gasteiger charge is 2.20. The van der Waals surface area contributed by atoms with Crippen molar-refractivity contribution >= 4 is 22.6 Å². The topological polar surface area (TPSA) is 9.23 Å². The van der Waals surface area contributed by atoms with Crippen LogP contribution in [-0.4, -0.2) is 10.7 Å². The summed E-state index contributed by atoms with van der Waals surface area (Å²) in [6, 6.07) is 0. The number of halogens is 1. The summed E-state index contributed by atoms with van der Waals surface area (Å²) in [5, 5.41) is 0. The van der Waals surface area contributed by atoms with E-state index in [9.17, 15) is 0 Å². The third kappa shape index (κ3) is 3.28. The van der Waals surface area contributed by atoms with Gasteiger partial charge in [-0.25, -0.2) is 0 Å². The lowest BCUT2D eigenvalue weighted by molar-refractivity contribution is 0.0801. The summed E-state index contributed by atoms with van der Waals surface area (Å²) in [6.07, 6.45) is 7.03. The molecule has 0 N–H and O–H groups in total. The van der Waals surface area contributed by atoms with Crippen LogP contribution in [0.25, 0.3) is 0 Å². The van der Waals surface area contributed by atoms with E-state index in [4.69, 9.17) is 4.74 Å². The molecule has 0 aromatic rings. The summed E-state index contributed by atoms with van der Waals surface area (Å²) in [7, 11) is 0. The Morgan fingerprint density at radius 1 is 1.36 bits per heavy atom. The van der Waals surface area contributed by atoms with E-state index in [1.807, 2.05) is 0 Å². The molecule has 1 aliphatic carbocycles. The van der Waals surface area contributed by atoms with Crippen LogP contribution >= 0.6 is 22.6 Å². The third-order valence-electron chi connectivity index (χ3n) is 2.35. The van der Waals surface area contributed by atoms with Crippen molar-refractivity contribution in [2.75, 3.05) is 6.61 Å². The first-order valence-electron chi connectivity index (χ1n) is 4.60. The zero-order chi connectivity index (χ0) is 8.10. The van der Waals surface area contributed by atoms with E-state index in [0.29, 0.717) is 4.11 Å². The number of hydrogen-bond donors (Lipinski definition) is 0. The van der Waals surface area contributed by atoms with Gasteiger partial charge in [0, 0.05) is 6.61 Å². The Morgan fingerprint density at radius 3 is 2.55 bits per heavy atom. The van der Waals surface area contributed by atoms with Gasteiger partial charge < -0.3 is 4.74 Å². The standard InChI is InChI=1S/C9H17IO/c1-2-11-9(10)8-6-4-3-5-7-8/h8-9H,2-7H2,1H3/t9-/m0/s1. The molecule has 1 nitrogen and oxygen atoms in total. The largest absolute Gasteiger partial charge is 0.368 e. The first-order valence-corrected chi connectivity index (χ1v) is 5.85. The Labute approximate surface area is 83.0 Å². The molecule has 2 heteroatoms. The molecule has 1 saturated carbocycles. The summed E-state index contributed by atoms with van der Waals surface area (Å²) in [4.78, 5) is 0. The summed E-state index contributed by atoms with van der Waals surface area (Å²) < 4.78 is 6.04. The van der Waals surface area contributed by atoms with Gasteiger partial charge in [0.15, 0.2) is 0 Å². The molecule has 0 heterocycles. The van der Waals surface area contributed by atoms with Gasteiger partial charge in [0.2, 0.25) is 0 Å². The quantitative estimate of drug-likeness (QED) is 0.563. The average molecular weight is 268 g/mol. The van der Waals surface area contributed by atoms with Gasteiger partial charge in [-0.3, -0.25) is 0 Å². The molecular formula is C9H17IO. The maximum atomic E-state index is 5.57. The second-order valence-corrected chi connectivity index (χ2v) is 4.43. The molecule has 1 atom stereocenters. The highest BCUT2D eigenvalue weighted by Crippen LogP contribution is 2.30. The van der Waals surface area contributed by atoms with E-state index in [-0.39, 0.29) is 0 Å². The van der Waals surface area contributed by atoms with E-state index in [2.05, 4.69) is 29.5 Å². The van der Waals surface area contributed by atoms with Gasteiger partial charge >= 0.3 is 0 Å². The van der Waals surface area contributed by atoms with Crippen molar-refractivity contribution in [3.63, 3.8) is 0 Å². The van der Waals surface area contributed by atoms with E-state index < -0.39 is 0 Å². The zero-order valence-electron chi connectivity index (χ0n) is 7.18. The third-order valence-corrected chi connectivity index (χ3v) is 3.72. The van der Waals surface area contributed by atoms with Crippen LogP contribution in [0.3, 0.4) is 0 Å². The van der Waals surface area contributed by atoms with Crippen molar-refractivity contribution in [1.82, 2.24) is 0 Å². The molecule has 0 amide bonds. The van der Waals surface area contributed by atoms with E-state index in [0.717, 1.165) is 12.5 Å². The van der Waals surface area contributed by atoms with Crippen LogP contribution in [0.5, 0.6) is 0 Å². The van der Waals surface area contributed by atoms with Gasteiger partial charge in [-0.1, -0.05) is 41.9 Å². The zero-order valence-corrected chi connectivity index (χ0v) is 9.34. The molecule has 0 aliphatic heterocycles. The maximum absolute atomic E-state index is 5.57. The molecular weight excluding hydrogens is 251 g/mol. The second-order valence-electron chi connectivity index (χ2n) is 3.20. The van der Waals surface area contributed by atoms with Crippen LogP contribution in [0.1, 0.15) is 39.0 Å². The van der Waals surface area contributed by atoms with Crippen molar-refractivity contribution in [2.24, 2.45) is 5.92 Å². The van der Waals surface area contributed by atoms with Crippen LogP contribution in [0, 0.1) is 5.92 Å². The van der Waals surface area contributed by atoms with E-state index >= 15 is 0 Å². The average Bonchev–Trinajstić information content (AvgIpc) is 2.07. The minimum atomic E-state index is 0.470. The van der Waals surface area contributed by atoms with Crippen LogP contribution in [0.15, 0.2) is 0 Å². The summed E-state index contributed by atoms with van der Waals surface area (Å²) in [5.41, 5.74) is 0. The lowest BCUT2D eigenvalue weighted by Gasteiger charge is -2.25. The molecule has 0 aromatic heterocycles. The second kappa shape index (κ2) is 5.36. The Bertz CT molecular complexity index is 99.7. The molecule has 0 radical (unpaired) electrons. The summed E-state index contributed by atoms with van der Waals surface area (Å²) in [6.45, 7) is 2.94. The molecule has 0 aromatic carbocycles. The van der Waals surface area contributed by atoms with Crippen LogP contribution in [0.2, 0.25) is 0 Å². The Hall–Kier alpha value is 0.690. The Balaban J connectivity index is 2.21. The number of rotatable bonds is 3. The van der Waals surface area contributed by atoms with Gasteiger partial charge in [0.1, 0.15) is 4.11 Å². The van der Waals surface area contributed by atoms with Gasteiger partial charge in [-0.15, -0.1) is 0 Å². The number of alkyl halides is 1. The van der Waals surface area contributed by atoms with Gasteiger partial charge in [0.05, 0.1) is 0 Å². The molecule has 11 heavy (non-hydrogen) atoms. The molecule has 1 fully saturated rings. The molecule has 0 saturated heterocycles. The number of ether oxygens (including phenoxy) is 1. The van der Waals surface area contributed by atoms with Crippen molar-refractivity contribution in [3.8, 4) is 0 Å². The SMILES string of the molecule is CCO[C@H](I)C1CCCCC1. The first kappa shape index (κ1) is 9.78. The fraction of sp³-hybridized carbons (Fsp3) is 1.00. The highest BCUT2D eigenvalue weighted by molar-refractivity contribution is 14.1. The van der Waals surface area contributed by atoms with Crippen molar-refractivity contribution in [3.05, 3.63) is 0 Å². The fourth-order valence-corrected chi connectivity index (χ4v) is 2.77. The molecule has 66 valence electrons. The first-order chi connectivity index (χ1) is 5.34. The van der Waals surface area contributed by atoms with Crippen LogP contribution < -0.4 is 0 Å². The molecule has 1 aliphatic rings. The van der Waals surface area contributed by atoms with E-state index in [1.165, 1.54) is 32.1 Å². The van der Waals surface area contributed by atoms with Crippen LogP contribution in [0.4, 0.5) is 0 Å². The monoisotopic (exact) mass is 268 g/mol. The Kier molecular flexibility index (Phi) is 4.76. The molecule has 1 rings (SSSR count). The Morgan fingerprint density at radius 2 is 2.00 bits per heavy atom. The van der Waals surface area contributed by atoms with Crippen molar-refractivity contribution in [2.45, 2.75) is 43.1 Å². The van der Waals surface area contributed by atoms with Gasteiger partial charge in [-0.2, -0.15) is 0 Å². The van der Waals surface area contributed by atoms with Gasteiger partial charge in [0.25, 0.3) is 0 Å². The van der Waals surface area contributed by atoms with Crippen LogP contribution in [-0.2, 0) is 4.74 Å². The lowest BCUT2D eigenvalue weighted by atomic mass is 9.90. The van der Waals surface area contributed by atoms with Crippen molar-refractivity contribution in [1.29, 1.82) is 0 Å². The fourth-order valence-electron chi connectivity index (χ4n) is 1.69. The molecule has 0 unspecified atom stereocenters. The maximum Gasteiger partial charge on any atom is 0.111 e. The summed E-state index contributed by atoms with van der Waals surface area (Å²) in [5.74, 6) is 0.837. The van der Waals surface area contributed by atoms with Gasteiger partial charge in [-0.05, 0) is 25.7 Å². The van der Waals surface area contributed by atoms with E-state index in [1.54, 1.807) is 0 Å². The number of hydrogen-bond acceptors (Lipinski definition) is 1. The van der Waals surface area contributed by atoms with Crippen molar-refractivity contribution < 1.29 is 4.74 Å². The predicted molar refractivity (Wildman–Crippen MR) is 56.0 cm³/mol. The smallest absolute Gasteiger partial charge is 0.111 e.